The van der Waals surface area contributed by atoms with Crippen LogP contribution in [0.5, 0.6) is 5.75 Å². The normalized spacial score (nSPS) is 18.0. The molecule has 1 aliphatic heterocycles. The van der Waals surface area contributed by atoms with Crippen LogP contribution >= 0.6 is 11.3 Å². The number of thiophene rings is 1. The Morgan fingerprint density at radius 2 is 2.17 bits per heavy atom. The van der Waals surface area contributed by atoms with Crippen LogP contribution < -0.4 is 10.1 Å². The molecule has 4 nitrogen and oxygen atoms in total. The number of hydrogen-bond donors (Lipinski definition) is 1. The van der Waals surface area contributed by atoms with E-state index in [9.17, 15) is 9.18 Å². The smallest absolute Gasteiger partial charge is 0.258 e. The highest BCUT2D eigenvalue weighted by Crippen LogP contribution is 2.15. The standard InChI is InChI=1S/C17H19FN2O2S/c18-14-1-3-16(4-2-14)22-11-17(21)19-15-5-7-20(10-15)9-13-6-8-23-12-13/h1-4,6,8,12,15H,5,7,9-11H2,(H,19,21). The molecule has 122 valence electrons. The average molecular weight is 334 g/mol. The lowest BCUT2D eigenvalue weighted by Gasteiger charge is -2.16. The van der Waals surface area contributed by atoms with Crippen LogP contribution in [0.4, 0.5) is 4.39 Å². The number of ether oxygens (including phenoxy) is 1. The van der Waals surface area contributed by atoms with Gasteiger partial charge in [0.05, 0.1) is 0 Å². The van der Waals surface area contributed by atoms with Gasteiger partial charge < -0.3 is 10.1 Å². The highest BCUT2D eigenvalue weighted by Gasteiger charge is 2.23. The van der Waals surface area contributed by atoms with E-state index in [0.29, 0.717) is 5.75 Å². The molecule has 0 radical (unpaired) electrons. The molecular formula is C17H19FN2O2S. The van der Waals surface area contributed by atoms with E-state index < -0.39 is 0 Å². The number of carbonyl (C=O) groups is 1. The van der Waals surface area contributed by atoms with Crippen molar-refractivity contribution in [3.63, 3.8) is 0 Å². The monoisotopic (exact) mass is 334 g/mol. The molecule has 1 unspecified atom stereocenters. The number of amides is 1. The number of halogens is 1. The molecule has 1 saturated heterocycles. The minimum absolute atomic E-state index is 0.0489. The molecule has 2 aromatic rings. The lowest BCUT2D eigenvalue weighted by Crippen LogP contribution is -2.39. The highest BCUT2D eigenvalue weighted by atomic mass is 32.1. The molecule has 2 heterocycles. The van der Waals surface area contributed by atoms with E-state index in [1.807, 2.05) is 0 Å². The third-order valence-corrected chi connectivity index (χ3v) is 4.54. The van der Waals surface area contributed by atoms with Crippen LogP contribution in [0.25, 0.3) is 0 Å². The molecule has 23 heavy (non-hydrogen) atoms. The molecular weight excluding hydrogens is 315 g/mol. The van der Waals surface area contributed by atoms with Crippen molar-refractivity contribution < 1.29 is 13.9 Å². The third kappa shape index (κ3) is 4.77. The van der Waals surface area contributed by atoms with Crippen molar-refractivity contribution >= 4 is 17.2 Å². The minimum atomic E-state index is -0.321. The van der Waals surface area contributed by atoms with Gasteiger partial charge in [0.2, 0.25) is 0 Å². The van der Waals surface area contributed by atoms with Gasteiger partial charge in [0.25, 0.3) is 5.91 Å². The molecule has 1 amide bonds. The van der Waals surface area contributed by atoms with Gasteiger partial charge in [-0.15, -0.1) is 0 Å². The van der Waals surface area contributed by atoms with Gasteiger partial charge in [0.1, 0.15) is 11.6 Å². The SMILES string of the molecule is O=C(COc1ccc(F)cc1)NC1CCN(Cc2ccsc2)C1. The van der Waals surface area contributed by atoms with Crippen molar-refractivity contribution in [1.82, 2.24) is 10.2 Å². The molecule has 1 fully saturated rings. The number of likely N-dealkylation sites (tertiary alicyclic amines) is 1. The van der Waals surface area contributed by atoms with Gasteiger partial charge in [-0.1, -0.05) is 0 Å². The maximum atomic E-state index is 12.8. The Labute approximate surface area is 138 Å². The Morgan fingerprint density at radius 1 is 1.35 bits per heavy atom. The zero-order valence-corrected chi connectivity index (χ0v) is 13.5. The predicted octanol–water partition coefficient (Wildman–Crippen LogP) is 2.66. The number of benzene rings is 1. The summed E-state index contributed by atoms with van der Waals surface area (Å²) in [4.78, 5) is 14.3. The van der Waals surface area contributed by atoms with Crippen molar-refractivity contribution in [2.75, 3.05) is 19.7 Å². The van der Waals surface area contributed by atoms with E-state index in [2.05, 4.69) is 27.0 Å². The lowest BCUT2D eigenvalue weighted by molar-refractivity contribution is -0.123. The molecule has 1 N–H and O–H groups in total. The quantitative estimate of drug-likeness (QED) is 0.883. The molecule has 1 aliphatic rings. The predicted molar refractivity (Wildman–Crippen MR) is 88.0 cm³/mol. The first-order valence-corrected chi connectivity index (χ1v) is 8.54. The van der Waals surface area contributed by atoms with E-state index in [0.717, 1.165) is 26.1 Å². The number of nitrogens with zero attached hydrogens (tertiary/aromatic N) is 1. The fourth-order valence-electron chi connectivity index (χ4n) is 2.68. The molecule has 0 bridgehead atoms. The van der Waals surface area contributed by atoms with E-state index >= 15 is 0 Å². The largest absolute Gasteiger partial charge is 0.484 e. The minimum Gasteiger partial charge on any atom is -0.484 e. The Balaban J connectivity index is 1.39. The van der Waals surface area contributed by atoms with Gasteiger partial charge in [-0.25, -0.2) is 4.39 Å². The molecule has 0 aliphatic carbocycles. The number of nitrogens with one attached hydrogen (secondary N) is 1. The van der Waals surface area contributed by atoms with Crippen molar-refractivity contribution in [2.24, 2.45) is 0 Å². The van der Waals surface area contributed by atoms with Gasteiger partial charge in [0.15, 0.2) is 6.61 Å². The first-order valence-electron chi connectivity index (χ1n) is 7.60. The van der Waals surface area contributed by atoms with Crippen LogP contribution in [0.2, 0.25) is 0 Å². The molecule has 0 saturated carbocycles. The summed E-state index contributed by atoms with van der Waals surface area (Å²) in [5.74, 6) is 0.0298. The second-order valence-electron chi connectivity index (χ2n) is 5.66. The number of rotatable bonds is 6. The van der Waals surface area contributed by atoms with Crippen molar-refractivity contribution in [1.29, 1.82) is 0 Å². The molecule has 1 aromatic heterocycles. The first-order chi connectivity index (χ1) is 11.2. The maximum Gasteiger partial charge on any atom is 0.258 e. The van der Waals surface area contributed by atoms with Gasteiger partial charge in [-0.3, -0.25) is 9.69 Å². The molecule has 1 atom stereocenters. The van der Waals surface area contributed by atoms with E-state index in [1.165, 1.54) is 29.8 Å². The number of hydrogen-bond acceptors (Lipinski definition) is 4. The third-order valence-electron chi connectivity index (χ3n) is 3.81. The van der Waals surface area contributed by atoms with Gasteiger partial charge in [0, 0.05) is 25.7 Å². The summed E-state index contributed by atoms with van der Waals surface area (Å²) in [5.41, 5.74) is 1.32. The second-order valence-corrected chi connectivity index (χ2v) is 6.44. The zero-order chi connectivity index (χ0) is 16.1. The van der Waals surface area contributed by atoms with Crippen LogP contribution in [0.1, 0.15) is 12.0 Å². The second kappa shape index (κ2) is 7.57. The maximum absolute atomic E-state index is 12.8. The molecule has 3 rings (SSSR count). The van der Waals surface area contributed by atoms with Crippen LogP contribution in [-0.4, -0.2) is 36.5 Å². The summed E-state index contributed by atoms with van der Waals surface area (Å²) >= 11 is 1.70. The fourth-order valence-corrected chi connectivity index (χ4v) is 3.34. The van der Waals surface area contributed by atoms with Crippen molar-refractivity contribution in [2.45, 2.75) is 19.0 Å². The highest BCUT2D eigenvalue weighted by molar-refractivity contribution is 7.07. The fraction of sp³-hybridized carbons (Fsp3) is 0.353. The van der Waals surface area contributed by atoms with Crippen LogP contribution in [-0.2, 0) is 11.3 Å². The van der Waals surface area contributed by atoms with E-state index in [-0.39, 0.29) is 24.4 Å². The molecule has 6 heteroatoms. The molecule has 0 spiro atoms. The Kier molecular flexibility index (Phi) is 5.25. The first kappa shape index (κ1) is 16.0. The summed E-state index contributed by atoms with van der Waals surface area (Å²) in [6.45, 7) is 2.73. The topological polar surface area (TPSA) is 41.6 Å². The van der Waals surface area contributed by atoms with Crippen LogP contribution in [0.3, 0.4) is 0 Å². The van der Waals surface area contributed by atoms with E-state index in [1.54, 1.807) is 11.3 Å². The van der Waals surface area contributed by atoms with E-state index in [4.69, 9.17) is 4.74 Å². The van der Waals surface area contributed by atoms with Crippen LogP contribution in [0.15, 0.2) is 41.1 Å². The summed E-state index contributed by atoms with van der Waals surface area (Å²) in [6.07, 6.45) is 0.951. The molecule has 1 aromatic carbocycles. The Hall–Kier alpha value is -1.92. The van der Waals surface area contributed by atoms with Gasteiger partial charge >= 0.3 is 0 Å². The van der Waals surface area contributed by atoms with Crippen LogP contribution in [0, 0.1) is 5.82 Å². The summed E-state index contributed by atoms with van der Waals surface area (Å²) in [6, 6.07) is 7.95. The summed E-state index contributed by atoms with van der Waals surface area (Å²) in [5, 5.41) is 7.23. The lowest BCUT2D eigenvalue weighted by atomic mass is 10.2. The Bertz CT molecular complexity index is 631. The van der Waals surface area contributed by atoms with Gasteiger partial charge in [-0.2, -0.15) is 11.3 Å². The summed E-state index contributed by atoms with van der Waals surface area (Å²) in [7, 11) is 0. The average Bonchev–Trinajstić information content (AvgIpc) is 3.19. The zero-order valence-electron chi connectivity index (χ0n) is 12.7. The Morgan fingerprint density at radius 3 is 2.91 bits per heavy atom. The summed E-state index contributed by atoms with van der Waals surface area (Å²) < 4.78 is 18.1. The van der Waals surface area contributed by atoms with Crippen molar-refractivity contribution in [3.05, 3.63) is 52.5 Å². The van der Waals surface area contributed by atoms with Gasteiger partial charge in [-0.05, 0) is 53.1 Å². The van der Waals surface area contributed by atoms with Crippen molar-refractivity contribution in [3.8, 4) is 5.75 Å². The number of carbonyl (C=O) groups excluding carboxylic acids is 1.